The Morgan fingerprint density at radius 1 is 1.33 bits per heavy atom. The van der Waals surface area contributed by atoms with Gasteiger partial charge in [-0.3, -0.25) is 9.59 Å². The van der Waals surface area contributed by atoms with E-state index in [-0.39, 0.29) is 17.5 Å². The molecule has 2 unspecified atom stereocenters. The first-order chi connectivity index (χ1) is 11.6. The molecule has 0 aliphatic carbocycles. The van der Waals surface area contributed by atoms with E-state index in [1.807, 2.05) is 12.3 Å². The zero-order valence-electron chi connectivity index (χ0n) is 12.9. The smallest absolute Gasteiger partial charge is 0.262 e. The van der Waals surface area contributed by atoms with Crippen molar-refractivity contribution in [3.05, 3.63) is 51.1 Å². The molecule has 24 heavy (non-hydrogen) atoms. The Bertz CT molecular complexity index is 776. The minimum absolute atomic E-state index is 0.188. The standard InChI is InChI=1S/C16H16N4O3S/c1-2-17-16(22)13-10-6-5-9(20-23)8-11(10)18-14(13)19-15(21)12-4-3-7-24-12/h3-8,13-14,18H,2H2,1H3,(H,17,22)(H,19,21). The number of amides is 2. The highest BCUT2D eigenvalue weighted by atomic mass is 32.1. The number of carbonyl (C=O) groups excluding carboxylic acids is 2. The predicted octanol–water partition coefficient (Wildman–Crippen LogP) is 2.55. The number of nitrogens with one attached hydrogen (secondary N) is 3. The Balaban J connectivity index is 1.88. The molecule has 124 valence electrons. The Kier molecular flexibility index (Phi) is 4.57. The minimum Gasteiger partial charge on any atom is -0.364 e. The number of hydrogen-bond donors (Lipinski definition) is 3. The van der Waals surface area contributed by atoms with Crippen molar-refractivity contribution in [2.24, 2.45) is 5.18 Å². The lowest BCUT2D eigenvalue weighted by atomic mass is 9.97. The SMILES string of the molecule is CCNC(=O)C1c2ccc(N=O)cc2NC1NC(=O)c1cccs1. The monoisotopic (exact) mass is 344 g/mol. The summed E-state index contributed by atoms with van der Waals surface area (Å²) in [7, 11) is 0. The van der Waals surface area contributed by atoms with Crippen molar-refractivity contribution in [1.29, 1.82) is 0 Å². The molecule has 2 heterocycles. The summed E-state index contributed by atoms with van der Waals surface area (Å²) in [5.74, 6) is -1.02. The fourth-order valence-corrected chi connectivity index (χ4v) is 3.37. The quantitative estimate of drug-likeness (QED) is 0.726. The Morgan fingerprint density at radius 3 is 2.83 bits per heavy atom. The topological polar surface area (TPSA) is 99.7 Å². The van der Waals surface area contributed by atoms with Gasteiger partial charge in [-0.1, -0.05) is 12.1 Å². The molecule has 1 aromatic carbocycles. The van der Waals surface area contributed by atoms with Crippen LogP contribution in [0.25, 0.3) is 0 Å². The summed E-state index contributed by atoms with van der Waals surface area (Å²) in [6.07, 6.45) is -0.594. The van der Waals surface area contributed by atoms with E-state index in [4.69, 9.17) is 0 Å². The molecule has 0 fully saturated rings. The maximum atomic E-state index is 12.5. The van der Waals surface area contributed by atoms with Crippen LogP contribution in [0.4, 0.5) is 11.4 Å². The lowest BCUT2D eigenvalue weighted by molar-refractivity contribution is -0.122. The lowest BCUT2D eigenvalue weighted by Gasteiger charge is -2.20. The highest BCUT2D eigenvalue weighted by molar-refractivity contribution is 7.12. The van der Waals surface area contributed by atoms with Crippen molar-refractivity contribution < 1.29 is 9.59 Å². The van der Waals surface area contributed by atoms with Gasteiger partial charge in [0.25, 0.3) is 5.91 Å². The molecule has 2 amide bonds. The largest absolute Gasteiger partial charge is 0.364 e. The summed E-state index contributed by atoms with van der Waals surface area (Å²) < 4.78 is 0. The Morgan fingerprint density at radius 2 is 2.17 bits per heavy atom. The number of likely N-dealkylation sites (N-methyl/N-ethyl adjacent to an activating group) is 1. The number of hydrogen-bond acceptors (Lipinski definition) is 6. The summed E-state index contributed by atoms with van der Waals surface area (Å²) >= 11 is 1.33. The van der Waals surface area contributed by atoms with Gasteiger partial charge >= 0.3 is 0 Å². The van der Waals surface area contributed by atoms with Crippen LogP contribution in [0.15, 0.2) is 40.9 Å². The number of carbonyl (C=O) groups is 2. The minimum atomic E-state index is -0.594. The van der Waals surface area contributed by atoms with Gasteiger partial charge in [0.2, 0.25) is 5.91 Å². The van der Waals surface area contributed by atoms with Crippen LogP contribution in [0.5, 0.6) is 0 Å². The van der Waals surface area contributed by atoms with E-state index in [9.17, 15) is 14.5 Å². The molecule has 2 atom stereocenters. The van der Waals surface area contributed by atoms with Crippen molar-refractivity contribution in [3.63, 3.8) is 0 Å². The molecule has 2 aromatic rings. The molecular formula is C16H16N4O3S. The van der Waals surface area contributed by atoms with Gasteiger partial charge in [0, 0.05) is 12.2 Å². The molecule has 3 rings (SSSR count). The third-order valence-electron chi connectivity index (χ3n) is 3.79. The number of rotatable bonds is 5. The van der Waals surface area contributed by atoms with E-state index in [0.29, 0.717) is 17.1 Å². The summed E-state index contributed by atoms with van der Waals surface area (Å²) in [5.41, 5.74) is 1.62. The Labute approximate surface area is 142 Å². The maximum Gasteiger partial charge on any atom is 0.262 e. The van der Waals surface area contributed by atoms with E-state index < -0.39 is 12.1 Å². The van der Waals surface area contributed by atoms with Gasteiger partial charge in [0.15, 0.2) is 0 Å². The molecular weight excluding hydrogens is 328 g/mol. The third-order valence-corrected chi connectivity index (χ3v) is 4.66. The van der Waals surface area contributed by atoms with E-state index in [1.165, 1.54) is 11.3 Å². The lowest BCUT2D eigenvalue weighted by Crippen LogP contribution is -2.46. The van der Waals surface area contributed by atoms with Gasteiger partial charge in [-0.15, -0.1) is 16.2 Å². The average Bonchev–Trinajstić information content (AvgIpc) is 3.21. The van der Waals surface area contributed by atoms with Crippen molar-refractivity contribution in [2.45, 2.75) is 19.0 Å². The molecule has 0 radical (unpaired) electrons. The highest BCUT2D eigenvalue weighted by Crippen LogP contribution is 2.37. The van der Waals surface area contributed by atoms with Crippen LogP contribution in [0.2, 0.25) is 0 Å². The van der Waals surface area contributed by atoms with Gasteiger partial charge < -0.3 is 16.0 Å². The van der Waals surface area contributed by atoms with Crippen LogP contribution in [0, 0.1) is 4.91 Å². The van der Waals surface area contributed by atoms with Gasteiger partial charge in [0.05, 0.1) is 4.88 Å². The second-order valence-electron chi connectivity index (χ2n) is 5.31. The molecule has 1 aliphatic rings. The van der Waals surface area contributed by atoms with E-state index in [1.54, 1.807) is 30.3 Å². The normalized spacial score (nSPS) is 18.4. The fraction of sp³-hybridized carbons (Fsp3) is 0.250. The van der Waals surface area contributed by atoms with Gasteiger partial charge in [-0.25, -0.2) is 0 Å². The van der Waals surface area contributed by atoms with Crippen LogP contribution in [0.1, 0.15) is 28.1 Å². The first kappa shape index (κ1) is 16.1. The van der Waals surface area contributed by atoms with Gasteiger partial charge in [-0.2, -0.15) is 0 Å². The second kappa shape index (κ2) is 6.79. The van der Waals surface area contributed by atoms with Crippen LogP contribution in [0.3, 0.4) is 0 Å². The number of fused-ring (bicyclic) bond motifs is 1. The second-order valence-corrected chi connectivity index (χ2v) is 6.26. The molecule has 3 N–H and O–H groups in total. The molecule has 0 saturated heterocycles. The van der Waals surface area contributed by atoms with Crippen molar-refractivity contribution >= 4 is 34.5 Å². The number of nitroso groups, excluding NO2 is 1. The molecule has 1 aliphatic heterocycles. The van der Waals surface area contributed by atoms with E-state index in [0.717, 1.165) is 5.56 Å². The summed E-state index contributed by atoms with van der Waals surface area (Å²) in [6, 6.07) is 8.34. The first-order valence-corrected chi connectivity index (χ1v) is 8.38. The van der Waals surface area contributed by atoms with E-state index >= 15 is 0 Å². The predicted molar refractivity (Wildman–Crippen MR) is 92.5 cm³/mol. The highest BCUT2D eigenvalue weighted by Gasteiger charge is 2.38. The van der Waals surface area contributed by atoms with E-state index in [2.05, 4.69) is 21.1 Å². The number of nitrogens with zero attached hydrogens (tertiary/aromatic N) is 1. The number of thiophene rings is 1. The van der Waals surface area contributed by atoms with Crippen molar-refractivity contribution in [1.82, 2.24) is 10.6 Å². The molecule has 8 heteroatoms. The van der Waals surface area contributed by atoms with Crippen molar-refractivity contribution in [3.8, 4) is 0 Å². The summed E-state index contributed by atoms with van der Waals surface area (Å²) in [4.78, 5) is 36.1. The van der Waals surface area contributed by atoms with Crippen LogP contribution >= 0.6 is 11.3 Å². The Hall–Kier alpha value is -2.74. The van der Waals surface area contributed by atoms with Gasteiger partial charge in [0.1, 0.15) is 17.8 Å². The number of anilines is 1. The van der Waals surface area contributed by atoms with Crippen LogP contribution < -0.4 is 16.0 Å². The third kappa shape index (κ3) is 3.00. The zero-order chi connectivity index (χ0) is 17.1. The summed E-state index contributed by atoms with van der Waals surface area (Å²) in [5, 5.41) is 13.5. The fourth-order valence-electron chi connectivity index (χ4n) is 2.74. The number of benzene rings is 1. The summed E-state index contributed by atoms with van der Waals surface area (Å²) in [6.45, 7) is 2.32. The van der Waals surface area contributed by atoms with Gasteiger partial charge in [-0.05, 0) is 41.2 Å². The molecule has 0 saturated carbocycles. The zero-order valence-corrected chi connectivity index (χ0v) is 13.7. The molecule has 0 spiro atoms. The van der Waals surface area contributed by atoms with Crippen molar-refractivity contribution in [2.75, 3.05) is 11.9 Å². The molecule has 7 nitrogen and oxygen atoms in total. The maximum absolute atomic E-state index is 12.5. The van der Waals surface area contributed by atoms with Crippen LogP contribution in [-0.4, -0.2) is 24.5 Å². The first-order valence-electron chi connectivity index (χ1n) is 7.50. The molecule has 0 bridgehead atoms. The van der Waals surface area contributed by atoms with Crippen LogP contribution in [-0.2, 0) is 4.79 Å². The average molecular weight is 344 g/mol. The molecule has 1 aromatic heterocycles.